The van der Waals surface area contributed by atoms with Crippen molar-refractivity contribution in [3.05, 3.63) is 64.1 Å². The number of benzene rings is 2. The third kappa shape index (κ3) is 3.86. The van der Waals surface area contributed by atoms with E-state index in [-0.39, 0.29) is 6.10 Å². The Morgan fingerprint density at radius 1 is 1.14 bits per heavy atom. The first-order valence-corrected chi connectivity index (χ1v) is 8.31. The van der Waals surface area contributed by atoms with Gasteiger partial charge >= 0.3 is 0 Å². The average Bonchev–Trinajstić information content (AvgIpc) is 2.52. The number of ether oxygens (including phenoxy) is 1. The summed E-state index contributed by atoms with van der Waals surface area (Å²) in [6.45, 7) is 1.56. The zero-order chi connectivity index (χ0) is 14.5. The minimum Gasteiger partial charge on any atom is -0.383 e. The van der Waals surface area contributed by atoms with Crippen molar-refractivity contribution in [1.82, 2.24) is 0 Å². The fourth-order valence-electron chi connectivity index (χ4n) is 2.88. The van der Waals surface area contributed by atoms with Gasteiger partial charge in [-0.2, -0.15) is 0 Å². The van der Waals surface area contributed by atoms with Gasteiger partial charge < -0.3 is 10.1 Å². The Balaban J connectivity index is 1.50. The van der Waals surface area contributed by atoms with Gasteiger partial charge in [-0.1, -0.05) is 46.3 Å². The van der Waals surface area contributed by atoms with Crippen molar-refractivity contribution in [3.8, 4) is 0 Å². The average molecular weight is 346 g/mol. The van der Waals surface area contributed by atoms with E-state index in [0.29, 0.717) is 0 Å². The summed E-state index contributed by atoms with van der Waals surface area (Å²) in [7, 11) is 0. The molecule has 0 bridgehead atoms. The van der Waals surface area contributed by atoms with Crippen LogP contribution in [0.2, 0.25) is 0 Å². The number of hydrogen-bond donors (Lipinski definition) is 1. The van der Waals surface area contributed by atoms with Crippen LogP contribution in [0.25, 0.3) is 0 Å². The third-order valence-corrected chi connectivity index (χ3v) is 4.38. The maximum atomic E-state index is 6.09. The number of aryl methyl sites for hydroxylation is 1. The summed E-state index contributed by atoms with van der Waals surface area (Å²) in [5.41, 5.74) is 3.96. The first-order valence-electron chi connectivity index (χ1n) is 7.52. The Bertz CT molecular complexity index is 599. The van der Waals surface area contributed by atoms with Gasteiger partial charge in [0.25, 0.3) is 0 Å². The van der Waals surface area contributed by atoms with E-state index < -0.39 is 0 Å². The standard InChI is InChI=1S/C18H20BrNO/c19-15-7-4-8-16(13-15)20-11-12-21-18-10-3-6-14-5-1-2-9-17(14)18/h1-2,4-5,7-9,13,18,20H,3,6,10-12H2. The molecule has 1 N–H and O–H groups in total. The smallest absolute Gasteiger partial charge is 0.0828 e. The number of rotatable bonds is 5. The summed E-state index contributed by atoms with van der Waals surface area (Å²) >= 11 is 3.48. The summed E-state index contributed by atoms with van der Waals surface area (Å²) in [6.07, 6.45) is 3.81. The van der Waals surface area contributed by atoms with Gasteiger partial charge in [0.15, 0.2) is 0 Å². The molecule has 2 aromatic carbocycles. The van der Waals surface area contributed by atoms with E-state index >= 15 is 0 Å². The minimum atomic E-state index is 0.263. The van der Waals surface area contributed by atoms with E-state index in [1.807, 2.05) is 12.1 Å². The molecule has 3 heteroatoms. The molecule has 1 atom stereocenters. The normalized spacial score (nSPS) is 17.3. The van der Waals surface area contributed by atoms with Gasteiger partial charge in [-0.15, -0.1) is 0 Å². The maximum absolute atomic E-state index is 6.09. The van der Waals surface area contributed by atoms with Gasteiger partial charge in [0.1, 0.15) is 0 Å². The lowest BCUT2D eigenvalue weighted by Crippen LogP contribution is -2.17. The predicted octanol–water partition coefficient (Wildman–Crippen LogP) is 4.96. The maximum Gasteiger partial charge on any atom is 0.0828 e. The quantitative estimate of drug-likeness (QED) is 0.773. The van der Waals surface area contributed by atoms with Crippen LogP contribution < -0.4 is 5.32 Å². The molecule has 2 nitrogen and oxygen atoms in total. The molecule has 0 fully saturated rings. The number of halogens is 1. The second-order valence-corrected chi connectivity index (χ2v) is 6.30. The Labute approximate surface area is 134 Å². The first kappa shape index (κ1) is 14.6. The van der Waals surface area contributed by atoms with Gasteiger partial charge in [-0.25, -0.2) is 0 Å². The fraction of sp³-hybridized carbons (Fsp3) is 0.333. The SMILES string of the molecule is Brc1cccc(NCCOC2CCCc3ccccc32)c1. The molecule has 0 aromatic heterocycles. The second kappa shape index (κ2) is 7.10. The zero-order valence-electron chi connectivity index (χ0n) is 12.0. The predicted molar refractivity (Wildman–Crippen MR) is 90.7 cm³/mol. The molecule has 21 heavy (non-hydrogen) atoms. The summed E-state index contributed by atoms with van der Waals surface area (Å²) in [4.78, 5) is 0. The Morgan fingerprint density at radius 3 is 2.95 bits per heavy atom. The van der Waals surface area contributed by atoms with E-state index in [4.69, 9.17) is 4.74 Å². The minimum absolute atomic E-state index is 0.263. The summed E-state index contributed by atoms with van der Waals surface area (Å²) in [6, 6.07) is 16.9. The summed E-state index contributed by atoms with van der Waals surface area (Å²) < 4.78 is 7.18. The Morgan fingerprint density at radius 2 is 2.05 bits per heavy atom. The summed E-state index contributed by atoms with van der Waals surface area (Å²) in [5, 5.41) is 3.39. The Hall–Kier alpha value is -1.32. The molecule has 0 radical (unpaired) electrons. The molecule has 110 valence electrons. The monoisotopic (exact) mass is 345 g/mol. The molecule has 1 unspecified atom stereocenters. The van der Waals surface area contributed by atoms with Crippen LogP contribution in [-0.2, 0) is 11.2 Å². The van der Waals surface area contributed by atoms with E-state index in [1.54, 1.807) is 0 Å². The van der Waals surface area contributed by atoms with Crippen LogP contribution in [0.15, 0.2) is 53.0 Å². The van der Waals surface area contributed by atoms with Gasteiger partial charge in [-0.05, 0) is 48.6 Å². The molecule has 2 aromatic rings. The third-order valence-electron chi connectivity index (χ3n) is 3.89. The topological polar surface area (TPSA) is 21.3 Å². The highest BCUT2D eigenvalue weighted by Gasteiger charge is 2.19. The molecule has 0 saturated heterocycles. The molecule has 0 aliphatic heterocycles. The van der Waals surface area contributed by atoms with Gasteiger partial charge in [0, 0.05) is 16.7 Å². The van der Waals surface area contributed by atoms with Crippen molar-refractivity contribution in [2.24, 2.45) is 0 Å². The second-order valence-electron chi connectivity index (χ2n) is 5.39. The van der Waals surface area contributed by atoms with Crippen molar-refractivity contribution in [1.29, 1.82) is 0 Å². The van der Waals surface area contributed by atoms with Crippen LogP contribution in [0, 0.1) is 0 Å². The molecule has 0 heterocycles. The van der Waals surface area contributed by atoms with Crippen LogP contribution in [0.3, 0.4) is 0 Å². The number of hydrogen-bond acceptors (Lipinski definition) is 2. The molecule has 3 rings (SSSR count). The van der Waals surface area contributed by atoms with Gasteiger partial charge in [0.05, 0.1) is 12.7 Å². The Kier molecular flexibility index (Phi) is 4.94. The first-order chi connectivity index (χ1) is 10.3. The van der Waals surface area contributed by atoms with Crippen molar-refractivity contribution in [2.75, 3.05) is 18.5 Å². The van der Waals surface area contributed by atoms with Crippen LogP contribution in [0.4, 0.5) is 5.69 Å². The number of fused-ring (bicyclic) bond motifs is 1. The van der Waals surface area contributed by atoms with Crippen LogP contribution >= 0.6 is 15.9 Å². The zero-order valence-corrected chi connectivity index (χ0v) is 13.6. The molecular formula is C18H20BrNO. The van der Waals surface area contributed by atoms with E-state index in [9.17, 15) is 0 Å². The molecule has 1 aliphatic carbocycles. The van der Waals surface area contributed by atoms with E-state index in [1.165, 1.54) is 24.0 Å². The molecule has 0 spiro atoms. The molecule has 0 saturated carbocycles. The fourth-order valence-corrected chi connectivity index (χ4v) is 3.28. The lowest BCUT2D eigenvalue weighted by Gasteiger charge is -2.25. The van der Waals surface area contributed by atoms with Gasteiger partial charge in [0.2, 0.25) is 0 Å². The van der Waals surface area contributed by atoms with E-state index in [2.05, 4.69) is 57.6 Å². The number of anilines is 1. The van der Waals surface area contributed by atoms with E-state index in [0.717, 1.165) is 29.7 Å². The highest BCUT2D eigenvalue weighted by molar-refractivity contribution is 9.10. The number of nitrogens with one attached hydrogen (secondary N) is 1. The lowest BCUT2D eigenvalue weighted by atomic mass is 9.89. The molecular weight excluding hydrogens is 326 g/mol. The van der Waals surface area contributed by atoms with Crippen molar-refractivity contribution in [3.63, 3.8) is 0 Å². The van der Waals surface area contributed by atoms with Crippen molar-refractivity contribution < 1.29 is 4.74 Å². The van der Waals surface area contributed by atoms with Crippen LogP contribution in [0.5, 0.6) is 0 Å². The van der Waals surface area contributed by atoms with Crippen molar-refractivity contribution >= 4 is 21.6 Å². The molecule has 1 aliphatic rings. The largest absolute Gasteiger partial charge is 0.383 e. The lowest BCUT2D eigenvalue weighted by molar-refractivity contribution is 0.0477. The van der Waals surface area contributed by atoms with Gasteiger partial charge in [-0.3, -0.25) is 0 Å². The van der Waals surface area contributed by atoms with Crippen LogP contribution in [-0.4, -0.2) is 13.2 Å². The summed E-state index contributed by atoms with van der Waals surface area (Å²) in [5.74, 6) is 0. The highest BCUT2D eigenvalue weighted by atomic mass is 79.9. The van der Waals surface area contributed by atoms with Crippen molar-refractivity contribution in [2.45, 2.75) is 25.4 Å². The van der Waals surface area contributed by atoms with Crippen LogP contribution in [0.1, 0.15) is 30.1 Å². The highest BCUT2D eigenvalue weighted by Crippen LogP contribution is 2.32. The molecule has 0 amide bonds.